The van der Waals surface area contributed by atoms with E-state index in [9.17, 15) is 0 Å². The summed E-state index contributed by atoms with van der Waals surface area (Å²) in [6.45, 7) is 8.32. The van der Waals surface area contributed by atoms with Crippen LogP contribution in [-0.2, 0) is 6.54 Å². The number of unbranched alkanes of at least 4 members (excludes halogenated alkanes) is 3. The van der Waals surface area contributed by atoms with Gasteiger partial charge in [0.2, 0.25) is 0 Å². The Morgan fingerprint density at radius 3 is 2.38 bits per heavy atom. The number of nitrogens with one attached hydrogen (secondary N) is 1. The van der Waals surface area contributed by atoms with Crippen LogP contribution in [0.5, 0.6) is 0 Å². The molecular formula is C19H32N2. The van der Waals surface area contributed by atoms with Crippen LogP contribution in [0.2, 0.25) is 0 Å². The van der Waals surface area contributed by atoms with Gasteiger partial charge in [-0.15, -0.1) is 0 Å². The van der Waals surface area contributed by atoms with Crippen molar-refractivity contribution in [2.24, 2.45) is 0 Å². The van der Waals surface area contributed by atoms with Gasteiger partial charge in [-0.1, -0.05) is 49.1 Å². The van der Waals surface area contributed by atoms with E-state index in [2.05, 4.69) is 41.4 Å². The van der Waals surface area contributed by atoms with Gasteiger partial charge in [0, 0.05) is 6.54 Å². The van der Waals surface area contributed by atoms with Crippen LogP contribution in [-0.4, -0.2) is 31.1 Å². The van der Waals surface area contributed by atoms with Gasteiger partial charge >= 0.3 is 0 Å². The number of rotatable bonds is 9. The minimum Gasteiger partial charge on any atom is -0.313 e. The number of benzene rings is 1. The van der Waals surface area contributed by atoms with Gasteiger partial charge in [0.05, 0.1) is 0 Å². The first-order valence-corrected chi connectivity index (χ1v) is 8.83. The first kappa shape index (κ1) is 16.5. The average molecular weight is 288 g/mol. The summed E-state index contributed by atoms with van der Waals surface area (Å²) in [6.07, 6.45) is 9.75. The highest BCUT2D eigenvalue weighted by molar-refractivity contribution is 5.20. The Kier molecular flexibility index (Phi) is 7.83. The second kappa shape index (κ2) is 9.97. The Morgan fingerprint density at radius 1 is 0.905 bits per heavy atom. The predicted octanol–water partition coefficient (Wildman–Crippen LogP) is 4.13. The lowest BCUT2D eigenvalue weighted by atomic mass is 10.1. The van der Waals surface area contributed by atoms with Gasteiger partial charge < -0.3 is 10.2 Å². The van der Waals surface area contributed by atoms with E-state index in [1.807, 2.05) is 0 Å². The highest BCUT2D eigenvalue weighted by Gasteiger charge is 2.08. The number of likely N-dealkylation sites (tertiary alicyclic amines) is 1. The molecule has 1 N–H and O–H groups in total. The quantitative estimate of drug-likeness (QED) is 0.687. The fourth-order valence-electron chi connectivity index (χ4n) is 3.06. The zero-order valence-electron chi connectivity index (χ0n) is 13.7. The summed E-state index contributed by atoms with van der Waals surface area (Å²) in [7, 11) is 0. The molecule has 2 nitrogen and oxygen atoms in total. The smallest absolute Gasteiger partial charge is 0.0205 e. The molecular weight excluding hydrogens is 256 g/mol. The highest BCUT2D eigenvalue weighted by atomic mass is 15.1. The summed E-state index contributed by atoms with van der Waals surface area (Å²) in [4.78, 5) is 2.65. The van der Waals surface area contributed by atoms with Crippen LogP contribution in [0.3, 0.4) is 0 Å². The second-order valence-electron chi connectivity index (χ2n) is 6.48. The fourth-order valence-corrected chi connectivity index (χ4v) is 3.06. The molecule has 2 heteroatoms. The molecule has 0 atom stereocenters. The second-order valence-corrected chi connectivity index (χ2v) is 6.48. The molecule has 1 saturated heterocycles. The van der Waals surface area contributed by atoms with Gasteiger partial charge in [0.15, 0.2) is 0 Å². The summed E-state index contributed by atoms with van der Waals surface area (Å²) < 4.78 is 0. The van der Waals surface area contributed by atoms with E-state index in [0.29, 0.717) is 0 Å². The summed E-state index contributed by atoms with van der Waals surface area (Å²) in [5, 5.41) is 3.55. The van der Waals surface area contributed by atoms with E-state index < -0.39 is 0 Å². The Bertz CT molecular complexity index is 366. The third-order valence-electron chi connectivity index (χ3n) is 4.48. The van der Waals surface area contributed by atoms with Crippen LogP contribution >= 0.6 is 0 Å². The SMILES string of the molecule is Cc1ccc(CNCCCCCCN2CCCCC2)cc1. The fraction of sp³-hybridized carbons (Fsp3) is 0.684. The van der Waals surface area contributed by atoms with E-state index in [0.717, 1.165) is 13.1 Å². The molecule has 1 aliphatic rings. The van der Waals surface area contributed by atoms with Gasteiger partial charge in [-0.05, 0) is 64.3 Å². The zero-order chi connectivity index (χ0) is 14.8. The van der Waals surface area contributed by atoms with Crippen LogP contribution in [0.4, 0.5) is 0 Å². The molecule has 1 aliphatic heterocycles. The Balaban J connectivity index is 1.40. The van der Waals surface area contributed by atoms with E-state index >= 15 is 0 Å². The monoisotopic (exact) mass is 288 g/mol. The van der Waals surface area contributed by atoms with Crippen LogP contribution in [0.25, 0.3) is 0 Å². The zero-order valence-corrected chi connectivity index (χ0v) is 13.7. The molecule has 0 aromatic heterocycles. The van der Waals surface area contributed by atoms with Gasteiger partial charge in [-0.2, -0.15) is 0 Å². The number of piperidine rings is 1. The molecule has 1 heterocycles. The lowest BCUT2D eigenvalue weighted by molar-refractivity contribution is 0.224. The number of hydrogen-bond donors (Lipinski definition) is 1. The van der Waals surface area contributed by atoms with Crippen molar-refractivity contribution in [3.63, 3.8) is 0 Å². The first-order valence-electron chi connectivity index (χ1n) is 8.83. The maximum Gasteiger partial charge on any atom is 0.0205 e. The summed E-state index contributed by atoms with van der Waals surface area (Å²) in [5.74, 6) is 0. The minimum atomic E-state index is 1.01. The molecule has 21 heavy (non-hydrogen) atoms. The molecule has 0 spiro atoms. The average Bonchev–Trinajstić information content (AvgIpc) is 2.53. The molecule has 1 aromatic carbocycles. The van der Waals surface area contributed by atoms with Crippen molar-refractivity contribution in [3.05, 3.63) is 35.4 Å². The predicted molar refractivity (Wildman–Crippen MR) is 91.6 cm³/mol. The topological polar surface area (TPSA) is 15.3 Å². The highest BCUT2D eigenvalue weighted by Crippen LogP contribution is 2.10. The standard InChI is InChI=1S/C19H32N2/c1-18-9-11-19(12-10-18)17-20-13-5-2-3-6-14-21-15-7-4-8-16-21/h9-12,20H,2-8,13-17H2,1H3. The summed E-state index contributed by atoms with van der Waals surface area (Å²) in [5.41, 5.74) is 2.73. The molecule has 0 amide bonds. The maximum absolute atomic E-state index is 3.55. The van der Waals surface area contributed by atoms with Crippen LogP contribution < -0.4 is 5.32 Å². The number of nitrogens with zero attached hydrogens (tertiary/aromatic N) is 1. The molecule has 0 saturated carbocycles. The maximum atomic E-state index is 3.55. The van der Waals surface area contributed by atoms with Gasteiger partial charge in [-0.25, -0.2) is 0 Å². The Labute approximate surface area is 130 Å². The molecule has 1 fully saturated rings. The van der Waals surface area contributed by atoms with E-state index in [-0.39, 0.29) is 0 Å². The number of aryl methyl sites for hydroxylation is 1. The lowest BCUT2D eigenvalue weighted by Crippen LogP contribution is -2.30. The third-order valence-corrected chi connectivity index (χ3v) is 4.48. The van der Waals surface area contributed by atoms with Gasteiger partial charge in [0.1, 0.15) is 0 Å². The van der Waals surface area contributed by atoms with E-state index in [4.69, 9.17) is 0 Å². The van der Waals surface area contributed by atoms with Crippen molar-refractivity contribution in [1.29, 1.82) is 0 Å². The lowest BCUT2D eigenvalue weighted by Gasteiger charge is -2.26. The molecule has 1 aromatic rings. The Hall–Kier alpha value is -0.860. The van der Waals surface area contributed by atoms with Crippen LogP contribution in [0.1, 0.15) is 56.1 Å². The van der Waals surface area contributed by atoms with Gasteiger partial charge in [-0.3, -0.25) is 0 Å². The normalized spacial score (nSPS) is 16.2. The van der Waals surface area contributed by atoms with Crippen LogP contribution in [0.15, 0.2) is 24.3 Å². The summed E-state index contributed by atoms with van der Waals surface area (Å²) in [6, 6.07) is 8.83. The minimum absolute atomic E-state index is 1.01. The first-order chi connectivity index (χ1) is 10.3. The van der Waals surface area contributed by atoms with Crippen LogP contribution in [0, 0.1) is 6.92 Å². The molecule has 0 radical (unpaired) electrons. The molecule has 0 aliphatic carbocycles. The number of hydrogen-bond acceptors (Lipinski definition) is 2. The van der Waals surface area contributed by atoms with Gasteiger partial charge in [0.25, 0.3) is 0 Å². The molecule has 2 rings (SSSR count). The van der Waals surface area contributed by atoms with Crippen molar-refractivity contribution in [2.45, 2.75) is 58.4 Å². The Morgan fingerprint density at radius 2 is 1.62 bits per heavy atom. The molecule has 0 unspecified atom stereocenters. The summed E-state index contributed by atoms with van der Waals surface area (Å²) >= 11 is 0. The van der Waals surface area contributed by atoms with Crippen molar-refractivity contribution < 1.29 is 0 Å². The van der Waals surface area contributed by atoms with Crippen molar-refractivity contribution >= 4 is 0 Å². The third kappa shape index (κ3) is 7.10. The molecule has 0 bridgehead atoms. The van der Waals surface area contributed by atoms with Crippen molar-refractivity contribution in [1.82, 2.24) is 10.2 Å². The van der Waals surface area contributed by atoms with Crippen molar-refractivity contribution in [2.75, 3.05) is 26.2 Å². The largest absolute Gasteiger partial charge is 0.313 e. The van der Waals surface area contributed by atoms with E-state index in [1.54, 1.807) is 0 Å². The van der Waals surface area contributed by atoms with Crippen molar-refractivity contribution in [3.8, 4) is 0 Å². The van der Waals surface area contributed by atoms with E-state index in [1.165, 1.54) is 75.7 Å². The molecule has 118 valence electrons.